The predicted octanol–water partition coefficient (Wildman–Crippen LogP) is 4.37. The van der Waals surface area contributed by atoms with E-state index in [9.17, 15) is 13.2 Å². The lowest BCUT2D eigenvalue weighted by molar-refractivity contribution is 0.101. The minimum Gasteiger partial charge on any atom is -0.497 e. The van der Waals surface area contributed by atoms with Gasteiger partial charge in [-0.25, -0.2) is 8.42 Å². The lowest BCUT2D eigenvalue weighted by Crippen LogP contribution is -2.13. The molecule has 0 saturated carbocycles. The van der Waals surface area contributed by atoms with Crippen LogP contribution in [-0.4, -0.2) is 28.4 Å². The Kier molecular flexibility index (Phi) is 5.89. The normalized spacial score (nSPS) is 11.0. The maximum Gasteiger partial charge on any atom is 0.261 e. The lowest BCUT2D eigenvalue weighted by Gasteiger charge is -2.13. The Balaban J connectivity index is 1.93. The highest BCUT2D eigenvalue weighted by molar-refractivity contribution is 7.92. The first-order valence-corrected chi connectivity index (χ1v) is 10.3. The van der Waals surface area contributed by atoms with Gasteiger partial charge in [-0.15, -0.1) is 0 Å². The zero-order chi connectivity index (χ0) is 21.0. The van der Waals surface area contributed by atoms with Gasteiger partial charge in [-0.1, -0.05) is 24.3 Å². The van der Waals surface area contributed by atoms with Gasteiger partial charge in [0.1, 0.15) is 11.5 Å². The molecule has 0 fully saturated rings. The zero-order valence-corrected chi connectivity index (χ0v) is 17.1. The van der Waals surface area contributed by atoms with Gasteiger partial charge >= 0.3 is 0 Å². The van der Waals surface area contributed by atoms with E-state index < -0.39 is 10.0 Å². The molecule has 3 aromatic carbocycles. The second kappa shape index (κ2) is 8.36. The summed E-state index contributed by atoms with van der Waals surface area (Å²) in [6.07, 6.45) is 0. The maximum atomic E-state index is 12.7. The summed E-state index contributed by atoms with van der Waals surface area (Å²) in [6.45, 7) is 1.43. The van der Waals surface area contributed by atoms with Crippen LogP contribution in [0.25, 0.3) is 11.1 Å². The number of carbonyl (C=O) groups is 1. The first-order chi connectivity index (χ1) is 13.8. The van der Waals surface area contributed by atoms with E-state index in [2.05, 4.69) is 4.72 Å². The van der Waals surface area contributed by atoms with E-state index >= 15 is 0 Å². The number of rotatable bonds is 7. The van der Waals surface area contributed by atoms with Crippen LogP contribution in [0.2, 0.25) is 0 Å². The Morgan fingerprint density at radius 3 is 2.07 bits per heavy atom. The first-order valence-electron chi connectivity index (χ1n) is 8.80. The highest BCUT2D eigenvalue weighted by Crippen LogP contribution is 2.34. The van der Waals surface area contributed by atoms with Crippen LogP contribution in [0.4, 0.5) is 5.69 Å². The van der Waals surface area contributed by atoms with E-state index in [0.29, 0.717) is 17.0 Å². The van der Waals surface area contributed by atoms with E-state index in [1.54, 1.807) is 32.4 Å². The Hall–Kier alpha value is -3.32. The third kappa shape index (κ3) is 4.57. The predicted molar refractivity (Wildman–Crippen MR) is 112 cm³/mol. The summed E-state index contributed by atoms with van der Waals surface area (Å²) in [6, 6.07) is 18.2. The van der Waals surface area contributed by atoms with Crippen molar-refractivity contribution in [2.45, 2.75) is 11.8 Å². The van der Waals surface area contributed by atoms with Crippen molar-refractivity contribution in [2.75, 3.05) is 18.9 Å². The Labute approximate surface area is 170 Å². The van der Waals surface area contributed by atoms with E-state index in [1.165, 1.54) is 31.2 Å². The molecule has 7 heteroatoms. The first kappa shape index (κ1) is 20.4. The molecule has 0 saturated heterocycles. The molecule has 0 amide bonds. The standard InChI is InChI=1S/C22H21NO5S/c1-15(24)16-6-11-20(12-7-16)29(25,26)23-18-8-13-22(28-3)21(14-18)17-4-9-19(27-2)10-5-17/h4-14,23H,1-3H3. The van der Waals surface area contributed by atoms with Gasteiger partial charge in [-0.05, 0) is 55.0 Å². The van der Waals surface area contributed by atoms with Crippen molar-refractivity contribution in [1.29, 1.82) is 0 Å². The highest BCUT2D eigenvalue weighted by Gasteiger charge is 2.16. The molecule has 0 unspecified atom stereocenters. The minimum atomic E-state index is -3.81. The molecule has 0 aliphatic rings. The van der Waals surface area contributed by atoms with Crippen molar-refractivity contribution in [3.63, 3.8) is 0 Å². The van der Waals surface area contributed by atoms with Gasteiger partial charge in [0, 0.05) is 16.8 Å². The summed E-state index contributed by atoms with van der Waals surface area (Å²) in [4.78, 5) is 11.5. The number of Topliss-reactive ketones (excluding diaryl/α,β-unsaturated/α-hetero) is 1. The summed E-state index contributed by atoms with van der Waals surface area (Å²) in [7, 11) is -0.658. The number of hydrogen-bond acceptors (Lipinski definition) is 5. The number of sulfonamides is 1. The fraction of sp³-hybridized carbons (Fsp3) is 0.136. The molecule has 3 rings (SSSR count). The fourth-order valence-corrected chi connectivity index (χ4v) is 3.90. The molecule has 1 N–H and O–H groups in total. The van der Waals surface area contributed by atoms with Gasteiger partial charge in [0.05, 0.1) is 19.1 Å². The molecule has 0 aromatic heterocycles. The van der Waals surface area contributed by atoms with E-state index in [0.717, 1.165) is 16.9 Å². The molecule has 0 spiro atoms. The van der Waals surface area contributed by atoms with Crippen LogP contribution in [0.15, 0.2) is 71.6 Å². The van der Waals surface area contributed by atoms with Gasteiger partial charge in [0.2, 0.25) is 0 Å². The summed E-state index contributed by atoms with van der Waals surface area (Å²) in [5, 5.41) is 0. The third-order valence-corrected chi connectivity index (χ3v) is 5.82. The molecule has 0 radical (unpaired) electrons. The van der Waals surface area contributed by atoms with Crippen molar-refractivity contribution < 1.29 is 22.7 Å². The Morgan fingerprint density at radius 2 is 1.52 bits per heavy atom. The number of nitrogens with one attached hydrogen (secondary N) is 1. The number of methoxy groups -OCH3 is 2. The van der Waals surface area contributed by atoms with E-state index in [4.69, 9.17) is 9.47 Å². The number of carbonyl (C=O) groups excluding carboxylic acids is 1. The summed E-state index contributed by atoms with van der Waals surface area (Å²) < 4.78 is 38.6. The van der Waals surface area contributed by atoms with Gasteiger partial charge in [-0.3, -0.25) is 9.52 Å². The van der Waals surface area contributed by atoms with Crippen LogP contribution in [0.5, 0.6) is 11.5 Å². The molecule has 6 nitrogen and oxygen atoms in total. The number of anilines is 1. The van der Waals surface area contributed by atoms with Gasteiger partial charge in [-0.2, -0.15) is 0 Å². The summed E-state index contributed by atoms with van der Waals surface area (Å²) in [5.41, 5.74) is 2.44. The van der Waals surface area contributed by atoms with Crippen molar-refractivity contribution >= 4 is 21.5 Å². The van der Waals surface area contributed by atoms with E-state index in [1.807, 2.05) is 24.3 Å². The Bertz CT molecular complexity index is 1120. The van der Waals surface area contributed by atoms with Gasteiger partial charge < -0.3 is 9.47 Å². The SMILES string of the molecule is COc1ccc(-c2cc(NS(=O)(=O)c3ccc(C(C)=O)cc3)ccc2OC)cc1. The summed E-state index contributed by atoms with van der Waals surface area (Å²) in [5.74, 6) is 1.21. The van der Waals surface area contributed by atoms with Crippen molar-refractivity contribution in [1.82, 2.24) is 0 Å². The van der Waals surface area contributed by atoms with Crippen LogP contribution < -0.4 is 14.2 Å². The Morgan fingerprint density at radius 1 is 0.862 bits per heavy atom. The largest absolute Gasteiger partial charge is 0.497 e. The fourth-order valence-electron chi connectivity index (χ4n) is 2.85. The number of ether oxygens (including phenoxy) is 2. The van der Waals surface area contributed by atoms with E-state index in [-0.39, 0.29) is 10.7 Å². The molecule has 0 aliphatic carbocycles. The number of hydrogen-bond donors (Lipinski definition) is 1. The molecule has 0 bridgehead atoms. The van der Waals surface area contributed by atoms with Crippen LogP contribution in [0, 0.1) is 0 Å². The smallest absolute Gasteiger partial charge is 0.261 e. The van der Waals surface area contributed by atoms with Crippen molar-refractivity contribution in [3.05, 3.63) is 72.3 Å². The number of ketones is 1. The van der Waals surface area contributed by atoms with Crippen LogP contribution in [0.3, 0.4) is 0 Å². The molecule has 150 valence electrons. The average Bonchev–Trinajstić information content (AvgIpc) is 2.73. The molecular weight excluding hydrogens is 390 g/mol. The third-order valence-electron chi connectivity index (χ3n) is 4.42. The molecule has 0 atom stereocenters. The lowest BCUT2D eigenvalue weighted by atomic mass is 10.0. The van der Waals surface area contributed by atoms with Crippen molar-refractivity contribution in [2.24, 2.45) is 0 Å². The zero-order valence-electron chi connectivity index (χ0n) is 16.3. The number of benzene rings is 3. The molecule has 0 heterocycles. The van der Waals surface area contributed by atoms with Crippen LogP contribution in [0.1, 0.15) is 17.3 Å². The molecule has 3 aromatic rings. The summed E-state index contributed by atoms with van der Waals surface area (Å²) >= 11 is 0. The van der Waals surface area contributed by atoms with Crippen molar-refractivity contribution in [3.8, 4) is 22.6 Å². The highest BCUT2D eigenvalue weighted by atomic mass is 32.2. The molecule has 0 aliphatic heterocycles. The second-order valence-corrected chi connectivity index (χ2v) is 8.01. The topological polar surface area (TPSA) is 81.7 Å². The second-order valence-electron chi connectivity index (χ2n) is 6.33. The molecule has 29 heavy (non-hydrogen) atoms. The minimum absolute atomic E-state index is 0.0734. The van der Waals surface area contributed by atoms with Crippen LogP contribution >= 0.6 is 0 Å². The molecular formula is C22H21NO5S. The van der Waals surface area contributed by atoms with Gasteiger partial charge in [0.15, 0.2) is 5.78 Å². The van der Waals surface area contributed by atoms with Gasteiger partial charge in [0.25, 0.3) is 10.0 Å². The monoisotopic (exact) mass is 411 g/mol. The maximum absolute atomic E-state index is 12.7. The average molecular weight is 411 g/mol. The van der Waals surface area contributed by atoms with Crippen LogP contribution in [-0.2, 0) is 10.0 Å². The quantitative estimate of drug-likeness (QED) is 0.584.